The Morgan fingerprint density at radius 1 is 0.320 bits per heavy atom. The summed E-state index contributed by atoms with van der Waals surface area (Å²) in [6, 6.07) is 28.9. The minimum atomic E-state index is -0.158. The molecule has 3 aliphatic heterocycles. The molecule has 6 aromatic heterocycles. The number of hydrogen-bond acceptors (Lipinski definition) is 6. The first-order valence-corrected chi connectivity index (χ1v) is 23.2. The molecule has 0 nitrogen and oxygen atoms in total. The summed E-state index contributed by atoms with van der Waals surface area (Å²) in [7, 11) is 0. The zero-order valence-electron chi connectivity index (χ0n) is 28.9. The maximum atomic E-state index is 2.44. The van der Waals surface area contributed by atoms with Crippen LogP contribution in [0.2, 0.25) is 0 Å². The van der Waals surface area contributed by atoms with Crippen molar-refractivity contribution in [2.75, 3.05) is 0 Å². The zero-order chi connectivity index (χ0) is 34.0. The van der Waals surface area contributed by atoms with Crippen LogP contribution in [0.3, 0.4) is 0 Å². The van der Waals surface area contributed by atoms with Gasteiger partial charge in [-0.05, 0) is 122 Å². The van der Waals surface area contributed by atoms with Gasteiger partial charge in [0.05, 0.1) is 10.8 Å². The van der Waals surface area contributed by atoms with Crippen molar-refractivity contribution in [1.82, 2.24) is 0 Å². The van der Waals surface area contributed by atoms with Crippen LogP contribution in [0.1, 0.15) is 137 Å². The van der Waals surface area contributed by atoms with Gasteiger partial charge in [0.15, 0.2) is 0 Å². The number of hydrogen-bond donors (Lipinski definition) is 0. The van der Waals surface area contributed by atoms with Gasteiger partial charge in [0.25, 0.3) is 0 Å². The first kappa shape index (κ1) is 34.5. The minimum absolute atomic E-state index is 0.158. The normalized spacial score (nSPS) is 21.2. The van der Waals surface area contributed by atoms with E-state index in [1.807, 2.05) is 68.0 Å². The van der Waals surface area contributed by atoms with Crippen LogP contribution in [-0.2, 0) is 10.8 Å². The van der Waals surface area contributed by atoms with E-state index in [4.69, 9.17) is 0 Å². The second-order valence-electron chi connectivity index (χ2n) is 13.6. The van der Waals surface area contributed by atoms with Crippen molar-refractivity contribution >= 4 is 104 Å². The highest BCUT2D eigenvalue weighted by atomic mass is 32.1. The molecule has 0 aliphatic carbocycles. The second kappa shape index (κ2) is 15.2. The highest BCUT2D eigenvalue weighted by Crippen LogP contribution is 2.53. The Labute approximate surface area is 322 Å². The van der Waals surface area contributed by atoms with Gasteiger partial charge in [0.1, 0.15) is 0 Å². The zero-order valence-corrected chi connectivity index (χ0v) is 33.8. The predicted molar refractivity (Wildman–Crippen MR) is 230 cm³/mol. The Balaban J connectivity index is 1.39. The summed E-state index contributed by atoms with van der Waals surface area (Å²) in [5.41, 5.74) is -0.316. The molecule has 6 heteroatoms. The van der Waals surface area contributed by atoms with Crippen LogP contribution in [0.15, 0.2) is 72.8 Å². The summed E-state index contributed by atoms with van der Waals surface area (Å²) in [6.45, 7) is 4.63. The molecule has 9 rings (SSSR count). The monoisotopic (exact) mass is 764 g/mol. The van der Waals surface area contributed by atoms with E-state index in [9.17, 15) is 0 Å². The summed E-state index contributed by atoms with van der Waals surface area (Å²) in [4.78, 5) is 16.8. The molecule has 0 N–H and O–H groups in total. The lowest BCUT2D eigenvalue weighted by Crippen LogP contribution is -2.26. The van der Waals surface area contributed by atoms with Crippen molar-refractivity contribution in [3.8, 4) is 0 Å². The average molecular weight is 765 g/mol. The van der Waals surface area contributed by atoms with E-state index in [1.54, 1.807) is 0 Å². The van der Waals surface area contributed by atoms with Crippen molar-refractivity contribution < 1.29 is 0 Å². The number of thiophene rings is 6. The van der Waals surface area contributed by atoms with Crippen molar-refractivity contribution in [2.45, 2.75) is 88.9 Å². The quantitative estimate of drug-likeness (QED) is 0.122. The molecule has 0 atom stereocenters. The van der Waals surface area contributed by atoms with Crippen LogP contribution in [0.5, 0.6) is 0 Å². The Bertz CT molecular complexity index is 1760. The molecule has 0 saturated carbocycles. The first-order chi connectivity index (χ1) is 24.6. The van der Waals surface area contributed by atoms with E-state index < -0.39 is 0 Å². The van der Waals surface area contributed by atoms with Crippen LogP contribution in [-0.4, -0.2) is 0 Å². The molecule has 0 aromatic carbocycles. The second-order valence-corrected chi connectivity index (χ2v) is 20.3. The Hall–Kier alpha value is -2.58. The molecular formula is C44H44S6. The van der Waals surface area contributed by atoms with Gasteiger partial charge in [0, 0.05) is 58.5 Å². The molecular weight excluding hydrogens is 721 g/mol. The van der Waals surface area contributed by atoms with Crippen LogP contribution in [0.4, 0.5) is 0 Å². The fraction of sp³-hybridized carbons (Fsp3) is 0.318. The van der Waals surface area contributed by atoms with Crippen molar-refractivity contribution in [3.05, 3.63) is 131 Å². The molecule has 9 heterocycles. The summed E-state index contributed by atoms with van der Waals surface area (Å²) in [6.07, 6.45) is 26.6. The molecule has 0 fully saturated rings. The lowest BCUT2D eigenvalue weighted by molar-refractivity contribution is 0.527. The van der Waals surface area contributed by atoms with Gasteiger partial charge in [-0.3, -0.25) is 0 Å². The largest absolute Gasteiger partial charge is 0.140 e. The summed E-state index contributed by atoms with van der Waals surface area (Å²) in [5, 5.41) is 0. The van der Waals surface area contributed by atoms with Crippen molar-refractivity contribution in [2.24, 2.45) is 0 Å². The van der Waals surface area contributed by atoms with E-state index in [1.165, 1.54) is 110 Å². The standard InChI is InChI=1S/C44H44S6/c1-3-5-7-9-29-43-37-23-17-31(45-37)11-14-34-20-26-40(48-34)44(30-10-8-6-4-2,41-27-21-35(49-41)15-12-32-18-24-38(43)46-32)42-28-22-36(50-42)16-13-33-19-25-39(43)47-33/h11-28H,3-10,29-30H2,1-2H3/b14-11+,15-12+,16-13+. The van der Waals surface area contributed by atoms with Crippen molar-refractivity contribution in [3.63, 3.8) is 0 Å². The van der Waals surface area contributed by atoms with Crippen LogP contribution in [0.25, 0.3) is 36.5 Å². The van der Waals surface area contributed by atoms with E-state index in [0.717, 1.165) is 12.8 Å². The predicted octanol–water partition coefficient (Wildman–Crippen LogP) is 15.8. The summed E-state index contributed by atoms with van der Waals surface area (Å²) >= 11 is 11.9. The summed E-state index contributed by atoms with van der Waals surface area (Å²) in [5.74, 6) is 0. The van der Waals surface area contributed by atoms with Crippen molar-refractivity contribution in [1.29, 1.82) is 0 Å². The molecule has 0 saturated heterocycles. The fourth-order valence-electron chi connectivity index (χ4n) is 7.63. The van der Waals surface area contributed by atoms with Gasteiger partial charge in [-0.2, -0.15) is 0 Å². The SMILES string of the molecule is CCCCCCC12c3ccc(s3)/C=C/c3ccc(s3)C(CCCCCC)(c3ccc(s3)/C=C/c3ccc1s3)c1ccc(s1)/C=C/c1ccc2s1. The maximum Gasteiger partial charge on any atom is 0.0732 e. The van der Waals surface area contributed by atoms with Gasteiger partial charge in [-0.15, -0.1) is 68.0 Å². The molecule has 14 bridgehead atoms. The van der Waals surface area contributed by atoms with Gasteiger partial charge in [-0.1, -0.05) is 65.2 Å². The van der Waals surface area contributed by atoms with Crippen LogP contribution < -0.4 is 0 Å². The lowest BCUT2D eigenvalue weighted by Gasteiger charge is -2.32. The molecule has 6 aromatic rings. The molecule has 256 valence electrons. The van der Waals surface area contributed by atoms with E-state index in [2.05, 4.69) is 123 Å². The lowest BCUT2D eigenvalue weighted by atomic mass is 9.78. The van der Waals surface area contributed by atoms with Crippen LogP contribution in [0, 0.1) is 0 Å². The fourth-order valence-corrected chi connectivity index (χ4v) is 15.0. The van der Waals surface area contributed by atoms with Gasteiger partial charge in [0.2, 0.25) is 0 Å². The van der Waals surface area contributed by atoms with Crippen LogP contribution >= 0.6 is 68.0 Å². The Morgan fingerprint density at radius 2 is 0.560 bits per heavy atom. The smallest absolute Gasteiger partial charge is 0.0732 e. The first-order valence-electron chi connectivity index (χ1n) is 18.3. The van der Waals surface area contributed by atoms with Gasteiger partial charge in [-0.25, -0.2) is 0 Å². The molecule has 0 spiro atoms. The molecule has 0 unspecified atom stereocenters. The third kappa shape index (κ3) is 6.61. The van der Waals surface area contributed by atoms with E-state index in [0.29, 0.717) is 0 Å². The molecule has 50 heavy (non-hydrogen) atoms. The van der Waals surface area contributed by atoms with Gasteiger partial charge >= 0.3 is 0 Å². The number of unbranched alkanes of at least 4 members (excludes halogenated alkanes) is 6. The van der Waals surface area contributed by atoms with Gasteiger partial charge < -0.3 is 0 Å². The molecule has 0 amide bonds. The minimum Gasteiger partial charge on any atom is -0.140 e. The third-order valence-electron chi connectivity index (χ3n) is 10.3. The third-order valence-corrected chi connectivity index (χ3v) is 17.6. The topological polar surface area (TPSA) is 0 Å². The van der Waals surface area contributed by atoms with E-state index >= 15 is 0 Å². The average Bonchev–Trinajstić information content (AvgIpc) is 3.97. The molecule has 0 radical (unpaired) electrons. The summed E-state index contributed by atoms with van der Waals surface area (Å²) < 4.78 is 0. The highest BCUT2D eigenvalue weighted by molar-refractivity contribution is 7.18. The molecule has 3 aliphatic rings. The maximum absolute atomic E-state index is 2.44. The Kier molecular flexibility index (Phi) is 10.5. The Morgan fingerprint density at radius 3 is 0.780 bits per heavy atom. The highest BCUT2D eigenvalue weighted by Gasteiger charge is 2.41. The van der Waals surface area contributed by atoms with E-state index in [-0.39, 0.29) is 10.8 Å². The number of rotatable bonds is 10.